The van der Waals surface area contributed by atoms with Gasteiger partial charge in [-0.25, -0.2) is 15.0 Å². The van der Waals surface area contributed by atoms with Crippen LogP contribution in [-0.4, -0.2) is 55.7 Å². The van der Waals surface area contributed by atoms with Crippen LogP contribution in [0.15, 0.2) is 41.7 Å². The molecule has 1 aliphatic rings. The maximum atomic E-state index is 6.29. The smallest absolute Gasteiger partial charge is 0.191 e. The second-order valence-corrected chi connectivity index (χ2v) is 7.37. The highest BCUT2D eigenvalue weighted by Gasteiger charge is 2.25. The number of guanidine groups is 1. The highest BCUT2D eigenvalue weighted by Crippen LogP contribution is 2.25. The Bertz CT molecular complexity index is 809. The molecule has 0 amide bonds. The van der Waals surface area contributed by atoms with E-state index in [1.54, 1.807) is 6.20 Å². The van der Waals surface area contributed by atoms with Crippen molar-refractivity contribution in [2.24, 2.45) is 4.99 Å². The van der Waals surface area contributed by atoms with E-state index >= 15 is 0 Å². The first-order valence-corrected chi connectivity index (χ1v) is 9.97. The summed E-state index contributed by atoms with van der Waals surface area (Å²) in [6.45, 7) is 5.21. The molecule has 150 valence electrons. The fourth-order valence-corrected chi connectivity index (χ4v) is 3.56. The Morgan fingerprint density at radius 1 is 1.29 bits per heavy atom. The minimum atomic E-state index is 0.290. The molecule has 0 bridgehead atoms. The maximum Gasteiger partial charge on any atom is 0.191 e. The van der Waals surface area contributed by atoms with Crippen LogP contribution in [0.5, 0.6) is 0 Å². The number of nitrogens with one attached hydrogen (secondary N) is 2. The lowest BCUT2D eigenvalue weighted by molar-refractivity contribution is 0.648. The Morgan fingerprint density at radius 3 is 2.82 bits per heavy atom. The van der Waals surface area contributed by atoms with E-state index in [-0.39, 0.29) is 6.04 Å². The summed E-state index contributed by atoms with van der Waals surface area (Å²) in [7, 11) is 3.99. The van der Waals surface area contributed by atoms with Gasteiger partial charge in [-0.05, 0) is 31.5 Å². The van der Waals surface area contributed by atoms with Crippen LogP contribution >= 0.6 is 11.6 Å². The zero-order valence-electron chi connectivity index (χ0n) is 16.7. The third-order valence-corrected chi connectivity index (χ3v) is 4.91. The van der Waals surface area contributed by atoms with Gasteiger partial charge in [-0.3, -0.25) is 0 Å². The van der Waals surface area contributed by atoms with Gasteiger partial charge in [-0.15, -0.1) is 0 Å². The Balaban J connectivity index is 1.65. The highest BCUT2D eigenvalue weighted by atomic mass is 35.5. The van der Waals surface area contributed by atoms with Crippen LogP contribution in [0, 0.1) is 0 Å². The van der Waals surface area contributed by atoms with Crippen molar-refractivity contribution >= 4 is 29.2 Å². The predicted octanol–water partition coefficient (Wildman–Crippen LogP) is 2.53. The van der Waals surface area contributed by atoms with Gasteiger partial charge in [0.25, 0.3) is 0 Å². The third kappa shape index (κ3) is 5.04. The van der Waals surface area contributed by atoms with Crippen LogP contribution in [0.3, 0.4) is 0 Å². The zero-order chi connectivity index (χ0) is 19.9. The lowest BCUT2D eigenvalue weighted by Crippen LogP contribution is -2.44. The molecule has 1 aliphatic heterocycles. The van der Waals surface area contributed by atoms with Crippen molar-refractivity contribution in [2.75, 3.05) is 43.5 Å². The van der Waals surface area contributed by atoms with E-state index in [2.05, 4.69) is 38.5 Å². The first-order chi connectivity index (χ1) is 13.6. The SMILES string of the molecule is CCNC(=NCc1cccnc1N(C)C)NC1CCN(c2ncccc2Cl)C1. The van der Waals surface area contributed by atoms with Gasteiger partial charge in [0.05, 0.1) is 11.6 Å². The first-order valence-electron chi connectivity index (χ1n) is 9.60. The molecule has 2 aromatic rings. The normalized spacial score (nSPS) is 16.9. The molecule has 0 aromatic carbocycles. The van der Waals surface area contributed by atoms with Gasteiger partial charge in [-0.1, -0.05) is 17.7 Å². The maximum absolute atomic E-state index is 6.29. The van der Waals surface area contributed by atoms with E-state index in [0.29, 0.717) is 11.6 Å². The highest BCUT2D eigenvalue weighted by molar-refractivity contribution is 6.32. The number of pyridine rings is 2. The van der Waals surface area contributed by atoms with Gasteiger partial charge in [0, 0.05) is 57.7 Å². The molecule has 2 N–H and O–H groups in total. The number of hydrogen-bond acceptors (Lipinski definition) is 5. The minimum absolute atomic E-state index is 0.290. The number of nitrogens with zero attached hydrogens (tertiary/aromatic N) is 5. The van der Waals surface area contributed by atoms with Gasteiger partial charge in [-0.2, -0.15) is 0 Å². The van der Waals surface area contributed by atoms with E-state index in [1.807, 2.05) is 43.4 Å². The van der Waals surface area contributed by atoms with Gasteiger partial charge >= 0.3 is 0 Å². The number of aliphatic imine (C=N–C) groups is 1. The number of anilines is 2. The molecule has 1 unspecified atom stereocenters. The number of hydrogen-bond donors (Lipinski definition) is 2. The van der Waals surface area contributed by atoms with Crippen molar-refractivity contribution in [3.63, 3.8) is 0 Å². The summed E-state index contributed by atoms with van der Waals surface area (Å²) in [5.74, 6) is 2.61. The van der Waals surface area contributed by atoms with Crippen molar-refractivity contribution in [1.82, 2.24) is 20.6 Å². The van der Waals surface area contributed by atoms with Crippen molar-refractivity contribution in [3.05, 3.63) is 47.2 Å². The topological polar surface area (TPSA) is 68.7 Å². The van der Waals surface area contributed by atoms with Gasteiger partial charge in [0.1, 0.15) is 11.6 Å². The average molecular weight is 402 g/mol. The number of rotatable bonds is 6. The number of halogens is 1. The van der Waals surface area contributed by atoms with Crippen LogP contribution in [-0.2, 0) is 6.54 Å². The second-order valence-electron chi connectivity index (χ2n) is 6.96. The molecule has 1 saturated heterocycles. The van der Waals surface area contributed by atoms with Gasteiger partial charge in [0.2, 0.25) is 0 Å². The molecule has 0 radical (unpaired) electrons. The summed E-state index contributed by atoms with van der Waals surface area (Å²) in [6, 6.07) is 8.04. The Morgan fingerprint density at radius 2 is 2.07 bits per heavy atom. The zero-order valence-corrected chi connectivity index (χ0v) is 17.4. The Kier molecular flexibility index (Phi) is 6.92. The summed E-state index contributed by atoms with van der Waals surface area (Å²) in [6.07, 6.45) is 4.60. The standard InChI is InChI=1S/C20H28ClN7/c1-4-22-20(25-13-15-7-5-10-23-18(15)27(2)3)26-16-9-12-28(14-16)19-17(21)8-6-11-24-19/h5-8,10-11,16H,4,9,12-14H2,1-3H3,(H2,22,25,26). The van der Waals surface area contributed by atoms with Crippen LogP contribution in [0.2, 0.25) is 5.02 Å². The first kappa shape index (κ1) is 20.2. The van der Waals surface area contributed by atoms with Crippen molar-refractivity contribution in [1.29, 1.82) is 0 Å². The molecule has 2 aromatic heterocycles. The van der Waals surface area contributed by atoms with Crippen molar-refractivity contribution in [3.8, 4) is 0 Å². The van der Waals surface area contributed by atoms with Crippen LogP contribution in [0.4, 0.5) is 11.6 Å². The molecule has 3 rings (SSSR count). The molecule has 0 spiro atoms. The Labute approximate surface area is 171 Å². The molecule has 0 aliphatic carbocycles. The monoisotopic (exact) mass is 401 g/mol. The third-order valence-electron chi connectivity index (χ3n) is 4.61. The van der Waals surface area contributed by atoms with E-state index in [4.69, 9.17) is 16.6 Å². The second kappa shape index (κ2) is 9.59. The minimum Gasteiger partial charge on any atom is -0.362 e. The van der Waals surface area contributed by atoms with E-state index in [0.717, 1.165) is 49.2 Å². The molecule has 3 heterocycles. The average Bonchev–Trinajstić information content (AvgIpc) is 3.15. The van der Waals surface area contributed by atoms with Gasteiger partial charge < -0.3 is 20.4 Å². The molecule has 0 saturated carbocycles. The molecule has 1 fully saturated rings. The van der Waals surface area contributed by atoms with Crippen LogP contribution < -0.4 is 20.4 Å². The predicted molar refractivity (Wildman–Crippen MR) is 116 cm³/mol. The lowest BCUT2D eigenvalue weighted by atomic mass is 10.2. The summed E-state index contributed by atoms with van der Waals surface area (Å²) < 4.78 is 0. The van der Waals surface area contributed by atoms with Crippen molar-refractivity contribution < 1.29 is 0 Å². The van der Waals surface area contributed by atoms with E-state index in [1.165, 1.54) is 0 Å². The molecule has 8 heteroatoms. The quantitative estimate of drug-likeness (QED) is 0.572. The number of aromatic nitrogens is 2. The molecule has 28 heavy (non-hydrogen) atoms. The summed E-state index contributed by atoms with van der Waals surface area (Å²) >= 11 is 6.29. The summed E-state index contributed by atoms with van der Waals surface area (Å²) in [4.78, 5) is 17.9. The van der Waals surface area contributed by atoms with Crippen LogP contribution in [0.25, 0.3) is 0 Å². The molecule has 1 atom stereocenters. The lowest BCUT2D eigenvalue weighted by Gasteiger charge is -2.20. The Hall–Kier alpha value is -2.54. The summed E-state index contributed by atoms with van der Waals surface area (Å²) in [5.41, 5.74) is 1.10. The molecule has 7 nitrogen and oxygen atoms in total. The van der Waals surface area contributed by atoms with Crippen molar-refractivity contribution in [2.45, 2.75) is 25.9 Å². The summed E-state index contributed by atoms with van der Waals surface area (Å²) in [5, 5.41) is 7.58. The van der Waals surface area contributed by atoms with E-state index < -0.39 is 0 Å². The fraction of sp³-hybridized carbons (Fsp3) is 0.450. The fourth-order valence-electron chi connectivity index (χ4n) is 3.31. The van der Waals surface area contributed by atoms with Crippen LogP contribution in [0.1, 0.15) is 18.9 Å². The van der Waals surface area contributed by atoms with Gasteiger partial charge in [0.15, 0.2) is 5.96 Å². The van der Waals surface area contributed by atoms with E-state index in [9.17, 15) is 0 Å². The molecular weight excluding hydrogens is 374 g/mol. The molecular formula is C20H28ClN7. The largest absolute Gasteiger partial charge is 0.362 e.